The van der Waals surface area contributed by atoms with E-state index in [0.717, 1.165) is 11.3 Å². The van der Waals surface area contributed by atoms with Crippen LogP contribution in [0.1, 0.15) is 15.9 Å². The third kappa shape index (κ3) is 5.26. The van der Waals surface area contributed by atoms with Gasteiger partial charge in [0, 0.05) is 29.9 Å². The molecule has 0 aliphatic carbocycles. The van der Waals surface area contributed by atoms with Crippen molar-refractivity contribution in [1.29, 1.82) is 0 Å². The summed E-state index contributed by atoms with van der Waals surface area (Å²) < 4.78 is 24.0. The quantitative estimate of drug-likeness (QED) is 0.447. The molecule has 1 aromatic heterocycles. The molecule has 4 aromatic rings. The molecule has 3 aromatic carbocycles. The Balaban J connectivity index is 1.46. The Labute approximate surface area is 184 Å². The maximum atomic E-state index is 13.0. The number of halogens is 1. The number of carbonyl (C=O) groups is 1. The van der Waals surface area contributed by atoms with Crippen LogP contribution in [-0.2, 0) is 6.54 Å². The summed E-state index contributed by atoms with van der Waals surface area (Å²) >= 11 is 0. The third-order valence-electron chi connectivity index (χ3n) is 4.66. The molecule has 1 heterocycles. The molecule has 0 radical (unpaired) electrons. The molecule has 0 fully saturated rings. The van der Waals surface area contributed by atoms with Gasteiger partial charge in [0.05, 0.1) is 7.11 Å². The van der Waals surface area contributed by atoms with Gasteiger partial charge in [-0.05, 0) is 54.1 Å². The van der Waals surface area contributed by atoms with Gasteiger partial charge in [0.2, 0.25) is 5.88 Å². The number of nitrogens with one attached hydrogen (secondary N) is 1. The first-order valence-electron chi connectivity index (χ1n) is 9.89. The first-order chi connectivity index (χ1) is 15.6. The van der Waals surface area contributed by atoms with Crippen molar-refractivity contribution >= 4 is 5.91 Å². The predicted octanol–water partition coefficient (Wildman–Crippen LogP) is 5.01. The highest BCUT2D eigenvalue weighted by atomic mass is 19.1. The Morgan fingerprint density at radius 2 is 1.72 bits per heavy atom. The lowest BCUT2D eigenvalue weighted by Gasteiger charge is -2.09. The summed E-state index contributed by atoms with van der Waals surface area (Å²) in [4.78, 5) is 21.3. The normalized spacial score (nSPS) is 10.4. The summed E-state index contributed by atoms with van der Waals surface area (Å²) in [5, 5.41) is 2.83. The van der Waals surface area contributed by atoms with E-state index in [9.17, 15) is 9.18 Å². The van der Waals surface area contributed by atoms with Gasteiger partial charge < -0.3 is 14.8 Å². The second-order valence-electron chi connectivity index (χ2n) is 6.89. The zero-order chi connectivity index (χ0) is 22.3. The Morgan fingerprint density at radius 1 is 0.969 bits per heavy atom. The average molecular weight is 429 g/mol. The fraction of sp³-hybridized carbons (Fsp3) is 0.0800. The minimum atomic E-state index is -0.314. The summed E-state index contributed by atoms with van der Waals surface area (Å²) in [6, 6.07) is 21.8. The van der Waals surface area contributed by atoms with Gasteiger partial charge in [-0.25, -0.2) is 9.37 Å². The smallest absolute Gasteiger partial charge is 0.251 e. The van der Waals surface area contributed by atoms with Crippen molar-refractivity contribution < 1.29 is 18.7 Å². The Hall–Kier alpha value is -4.26. The highest BCUT2D eigenvalue weighted by molar-refractivity contribution is 5.95. The highest BCUT2D eigenvalue weighted by Gasteiger charge is 2.10. The van der Waals surface area contributed by atoms with Crippen LogP contribution in [0.3, 0.4) is 0 Å². The van der Waals surface area contributed by atoms with Crippen LogP contribution in [0.4, 0.5) is 4.39 Å². The Kier molecular flexibility index (Phi) is 6.36. The maximum Gasteiger partial charge on any atom is 0.251 e. The SMILES string of the molecule is COc1ccc(Oc2ccnc(-c3cccc(C(=O)NCc4ccc(F)cc4)c3)n2)cc1. The van der Waals surface area contributed by atoms with E-state index >= 15 is 0 Å². The van der Waals surface area contributed by atoms with Gasteiger partial charge in [-0.1, -0.05) is 24.3 Å². The number of methoxy groups -OCH3 is 1. The molecule has 0 aliphatic heterocycles. The molecule has 0 unspecified atom stereocenters. The van der Waals surface area contributed by atoms with E-state index in [4.69, 9.17) is 9.47 Å². The molecule has 6 nitrogen and oxygen atoms in total. The molecule has 0 spiro atoms. The molecule has 160 valence electrons. The van der Waals surface area contributed by atoms with Gasteiger partial charge in [-0.2, -0.15) is 4.98 Å². The lowest BCUT2D eigenvalue weighted by atomic mass is 10.1. The minimum Gasteiger partial charge on any atom is -0.497 e. The first-order valence-corrected chi connectivity index (χ1v) is 9.89. The average Bonchev–Trinajstić information content (AvgIpc) is 2.84. The van der Waals surface area contributed by atoms with Crippen LogP contribution in [0.2, 0.25) is 0 Å². The molecule has 32 heavy (non-hydrogen) atoms. The second-order valence-corrected chi connectivity index (χ2v) is 6.89. The molecule has 0 saturated carbocycles. The third-order valence-corrected chi connectivity index (χ3v) is 4.66. The van der Waals surface area contributed by atoms with Gasteiger partial charge in [0.15, 0.2) is 5.82 Å². The lowest BCUT2D eigenvalue weighted by molar-refractivity contribution is 0.0951. The number of nitrogens with zero attached hydrogens (tertiary/aromatic N) is 2. The zero-order valence-electron chi connectivity index (χ0n) is 17.3. The zero-order valence-corrected chi connectivity index (χ0v) is 17.3. The van der Waals surface area contributed by atoms with Crippen molar-refractivity contribution in [3.8, 4) is 28.8 Å². The van der Waals surface area contributed by atoms with Crippen LogP contribution < -0.4 is 14.8 Å². The molecule has 0 atom stereocenters. The fourth-order valence-corrected chi connectivity index (χ4v) is 2.99. The van der Waals surface area contributed by atoms with Gasteiger partial charge in [0.1, 0.15) is 17.3 Å². The number of aromatic nitrogens is 2. The topological polar surface area (TPSA) is 73.3 Å². The summed E-state index contributed by atoms with van der Waals surface area (Å²) in [6.07, 6.45) is 1.60. The molecule has 1 N–H and O–H groups in total. The lowest BCUT2D eigenvalue weighted by Crippen LogP contribution is -2.22. The first kappa shape index (κ1) is 21.0. The highest BCUT2D eigenvalue weighted by Crippen LogP contribution is 2.24. The van der Waals surface area contributed by atoms with E-state index in [1.807, 2.05) is 6.07 Å². The van der Waals surface area contributed by atoms with Crippen molar-refractivity contribution in [3.63, 3.8) is 0 Å². The summed E-state index contributed by atoms with van der Waals surface area (Å²) in [5.41, 5.74) is 1.96. The fourth-order valence-electron chi connectivity index (χ4n) is 2.99. The van der Waals surface area contributed by atoms with Crippen LogP contribution in [0.15, 0.2) is 85.1 Å². The molecule has 0 bridgehead atoms. The monoisotopic (exact) mass is 429 g/mol. The number of ether oxygens (including phenoxy) is 2. The van der Waals surface area contributed by atoms with Gasteiger partial charge in [-0.3, -0.25) is 4.79 Å². The number of carbonyl (C=O) groups excluding carboxylic acids is 1. The van der Waals surface area contributed by atoms with E-state index in [1.54, 1.807) is 74.0 Å². The molecule has 0 aliphatic rings. The van der Waals surface area contributed by atoms with E-state index in [2.05, 4.69) is 15.3 Å². The molecule has 0 saturated heterocycles. The molecular formula is C25H20FN3O3. The second kappa shape index (κ2) is 9.70. The molecular weight excluding hydrogens is 409 g/mol. The van der Waals surface area contributed by atoms with Gasteiger partial charge in [-0.15, -0.1) is 0 Å². The largest absolute Gasteiger partial charge is 0.497 e. The van der Waals surface area contributed by atoms with Crippen molar-refractivity contribution in [2.75, 3.05) is 7.11 Å². The van der Waals surface area contributed by atoms with Crippen LogP contribution in [-0.4, -0.2) is 23.0 Å². The van der Waals surface area contributed by atoms with E-state index < -0.39 is 0 Å². The summed E-state index contributed by atoms with van der Waals surface area (Å²) in [5.74, 6) is 1.60. The minimum absolute atomic E-state index is 0.248. The van der Waals surface area contributed by atoms with E-state index in [-0.39, 0.29) is 11.7 Å². The van der Waals surface area contributed by atoms with Crippen LogP contribution in [0.5, 0.6) is 17.4 Å². The Bertz CT molecular complexity index is 1210. The number of hydrogen-bond acceptors (Lipinski definition) is 5. The van der Waals surface area contributed by atoms with Crippen molar-refractivity contribution in [2.45, 2.75) is 6.54 Å². The number of rotatable bonds is 7. The van der Waals surface area contributed by atoms with Crippen LogP contribution >= 0.6 is 0 Å². The Morgan fingerprint density at radius 3 is 2.47 bits per heavy atom. The predicted molar refractivity (Wildman–Crippen MR) is 118 cm³/mol. The van der Waals surface area contributed by atoms with Gasteiger partial charge in [0.25, 0.3) is 5.91 Å². The van der Waals surface area contributed by atoms with Crippen molar-refractivity contribution in [3.05, 3.63) is 102 Å². The molecule has 7 heteroatoms. The number of benzene rings is 3. The summed E-state index contributed by atoms with van der Waals surface area (Å²) in [7, 11) is 1.60. The maximum absolute atomic E-state index is 13.0. The number of hydrogen-bond donors (Lipinski definition) is 1. The van der Waals surface area contributed by atoms with Gasteiger partial charge >= 0.3 is 0 Å². The summed E-state index contributed by atoms with van der Waals surface area (Å²) in [6.45, 7) is 0.297. The van der Waals surface area contributed by atoms with E-state index in [1.165, 1.54) is 12.1 Å². The van der Waals surface area contributed by atoms with Crippen LogP contribution in [0.25, 0.3) is 11.4 Å². The molecule has 4 rings (SSSR count). The van der Waals surface area contributed by atoms with Crippen molar-refractivity contribution in [2.24, 2.45) is 0 Å². The van der Waals surface area contributed by atoms with Crippen LogP contribution in [0, 0.1) is 5.82 Å². The van der Waals surface area contributed by atoms with E-state index in [0.29, 0.717) is 35.1 Å². The molecule has 1 amide bonds. The standard InChI is InChI=1S/C25H20FN3O3/c1-31-21-9-11-22(12-10-21)32-23-13-14-27-24(29-23)18-3-2-4-19(15-18)25(30)28-16-17-5-7-20(26)8-6-17/h2-15H,16H2,1H3,(H,28,30). The number of amides is 1. The van der Waals surface area contributed by atoms with Crippen molar-refractivity contribution in [1.82, 2.24) is 15.3 Å².